The average molecular weight is 454 g/mol. The zero-order chi connectivity index (χ0) is 24.4. The first-order valence-corrected chi connectivity index (χ1v) is 9.78. The lowest BCUT2D eigenvalue weighted by molar-refractivity contribution is 0.0503. The maximum atomic E-state index is 12.0. The van der Waals surface area contributed by atoms with E-state index in [0.717, 1.165) is 20.4 Å². The molecule has 0 spiro atoms. The molecule has 2 aromatic rings. The fraction of sp³-hybridized carbons (Fsp3) is 0.556. The number of aromatic amines is 1. The van der Waals surface area contributed by atoms with E-state index in [0.29, 0.717) is 6.42 Å². The van der Waals surface area contributed by atoms with Crippen molar-refractivity contribution in [2.24, 2.45) is 14.1 Å². The molecule has 14 nitrogen and oxygen atoms in total. The molecule has 176 valence electrons. The van der Waals surface area contributed by atoms with Gasteiger partial charge in [0.05, 0.1) is 13.2 Å². The molecule has 0 fully saturated rings. The minimum atomic E-state index is -0.843. The van der Waals surface area contributed by atoms with Crippen LogP contribution in [0, 0.1) is 0 Å². The van der Waals surface area contributed by atoms with Gasteiger partial charge < -0.3 is 9.47 Å². The highest BCUT2D eigenvalue weighted by Crippen LogP contribution is 1.92. The third kappa shape index (κ3) is 6.58. The summed E-state index contributed by atoms with van der Waals surface area (Å²) in [6, 6.07) is 0. The number of aryl methyl sites for hydroxylation is 2. The van der Waals surface area contributed by atoms with Gasteiger partial charge in [0.2, 0.25) is 11.4 Å². The average Bonchev–Trinajstić information content (AvgIpc) is 2.74. The minimum Gasteiger partial charge on any atom is -0.461 e. The molecule has 0 atom stereocenters. The van der Waals surface area contributed by atoms with E-state index in [9.17, 15) is 28.8 Å². The van der Waals surface area contributed by atoms with Crippen molar-refractivity contribution in [3.8, 4) is 0 Å². The lowest BCUT2D eigenvalue weighted by atomic mass is 10.3. The van der Waals surface area contributed by atoms with E-state index in [1.165, 1.54) is 14.1 Å². The standard InChI is InChI=1S/C11H17N3O4.C7H9N3O4/c1-4-6-7-14-9(15)8(10(16)18-5-2)12-13(3)11(14)17;1-3-14-6(12)4-5(11)8-7(13)10(2)9-4/h4-7H2,1-3H3;3H2,1-2H3,(H,8,11,13). The third-order valence-corrected chi connectivity index (χ3v) is 3.86. The summed E-state index contributed by atoms with van der Waals surface area (Å²) in [5.74, 6) is -1.65. The van der Waals surface area contributed by atoms with Crippen LogP contribution in [0.25, 0.3) is 0 Å². The smallest absolute Gasteiger partial charge is 0.364 e. The first kappa shape index (κ1) is 26.2. The van der Waals surface area contributed by atoms with E-state index in [-0.39, 0.29) is 25.5 Å². The summed E-state index contributed by atoms with van der Waals surface area (Å²) < 4.78 is 12.1. The second-order valence-electron chi connectivity index (χ2n) is 6.24. The number of ether oxygens (including phenoxy) is 2. The van der Waals surface area contributed by atoms with Crippen LogP contribution in [0.4, 0.5) is 0 Å². The first-order valence-electron chi connectivity index (χ1n) is 9.78. The van der Waals surface area contributed by atoms with Gasteiger partial charge in [-0.2, -0.15) is 10.2 Å². The van der Waals surface area contributed by atoms with Gasteiger partial charge >= 0.3 is 23.3 Å². The maximum absolute atomic E-state index is 12.0. The van der Waals surface area contributed by atoms with E-state index in [2.05, 4.69) is 14.9 Å². The number of H-pyrrole nitrogens is 1. The van der Waals surface area contributed by atoms with Gasteiger partial charge in [-0.05, 0) is 20.3 Å². The molecule has 0 radical (unpaired) electrons. The molecular formula is C18H26N6O8. The van der Waals surface area contributed by atoms with Gasteiger partial charge in [0.25, 0.3) is 11.1 Å². The normalized spacial score (nSPS) is 10.2. The molecule has 1 N–H and O–H groups in total. The Morgan fingerprint density at radius 3 is 1.94 bits per heavy atom. The molecule has 0 unspecified atom stereocenters. The van der Waals surface area contributed by atoms with E-state index in [1.807, 2.05) is 11.9 Å². The van der Waals surface area contributed by atoms with Crippen molar-refractivity contribution in [3.63, 3.8) is 0 Å². The second-order valence-corrected chi connectivity index (χ2v) is 6.24. The molecule has 0 aromatic carbocycles. The molecule has 2 rings (SSSR count). The largest absolute Gasteiger partial charge is 0.461 e. The summed E-state index contributed by atoms with van der Waals surface area (Å²) in [7, 11) is 2.72. The number of hydrogen-bond acceptors (Lipinski definition) is 10. The Morgan fingerprint density at radius 2 is 1.41 bits per heavy atom. The van der Waals surface area contributed by atoms with Crippen LogP contribution in [-0.2, 0) is 30.1 Å². The lowest BCUT2D eigenvalue weighted by Gasteiger charge is -2.08. The summed E-state index contributed by atoms with van der Waals surface area (Å²) >= 11 is 0. The monoisotopic (exact) mass is 454 g/mol. The van der Waals surface area contributed by atoms with Gasteiger partial charge in [0, 0.05) is 20.6 Å². The van der Waals surface area contributed by atoms with Crippen LogP contribution >= 0.6 is 0 Å². The van der Waals surface area contributed by atoms with Crippen LogP contribution < -0.4 is 22.5 Å². The molecule has 32 heavy (non-hydrogen) atoms. The summed E-state index contributed by atoms with van der Waals surface area (Å²) in [6.45, 7) is 5.75. The van der Waals surface area contributed by atoms with E-state index >= 15 is 0 Å². The van der Waals surface area contributed by atoms with Gasteiger partial charge in [-0.15, -0.1) is 0 Å². The zero-order valence-corrected chi connectivity index (χ0v) is 18.5. The molecular weight excluding hydrogens is 428 g/mol. The van der Waals surface area contributed by atoms with Gasteiger partial charge in [0.15, 0.2) is 0 Å². The van der Waals surface area contributed by atoms with Crippen molar-refractivity contribution in [3.05, 3.63) is 53.1 Å². The number of unbranched alkanes of at least 4 members (excludes halogenated alkanes) is 1. The van der Waals surface area contributed by atoms with Gasteiger partial charge in [-0.25, -0.2) is 28.5 Å². The number of aromatic nitrogens is 6. The van der Waals surface area contributed by atoms with Crippen molar-refractivity contribution in [2.45, 2.75) is 40.2 Å². The van der Waals surface area contributed by atoms with Crippen LogP contribution in [-0.4, -0.2) is 54.3 Å². The summed E-state index contributed by atoms with van der Waals surface area (Å²) in [4.78, 5) is 70.2. The molecule has 0 saturated carbocycles. The molecule has 0 bridgehead atoms. The lowest BCUT2D eigenvalue weighted by Crippen LogP contribution is -2.44. The molecule has 0 aliphatic carbocycles. The fourth-order valence-corrected chi connectivity index (χ4v) is 2.28. The quantitative estimate of drug-likeness (QED) is 0.487. The van der Waals surface area contributed by atoms with Gasteiger partial charge in [-0.1, -0.05) is 13.3 Å². The highest BCUT2D eigenvalue weighted by atomic mass is 16.5. The van der Waals surface area contributed by atoms with Crippen molar-refractivity contribution < 1.29 is 19.1 Å². The second kappa shape index (κ2) is 12.1. The third-order valence-electron chi connectivity index (χ3n) is 3.86. The molecule has 14 heteroatoms. The highest BCUT2D eigenvalue weighted by Gasteiger charge is 2.19. The fourth-order valence-electron chi connectivity index (χ4n) is 2.28. The topological polar surface area (TPSA) is 177 Å². The number of nitrogens with zero attached hydrogens (tertiary/aromatic N) is 5. The Balaban J connectivity index is 0.000000330. The number of carbonyl (C=O) groups is 2. The van der Waals surface area contributed by atoms with Crippen molar-refractivity contribution in [1.82, 2.24) is 29.1 Å². The van der Waals surface area contributed by atoms with Crippen LogP contribution in [0.5, 0.6) is 0 Å². The van der Waals surface area contributed by atoms with Gasteiger partial charge in [0.1, 0.15) is 0 Å². The molecule has 0 aliphatic heterocycles. The number of esters is 2. The van der Waals surface area contributed by atoms with Crippen LogP contribution in [0.3, 0.4) is 0 Å². The number of rotatable bonds is 7. The number of carbonyl (C=O) groups excluding carboxylic acids is 2. The molecule has 0 saturated heterocycles. The Kier molecular flexibility index (Phi) is 9.92. The van der Waals surface area contributed by atoms with Crippen LogP contribution in [0.2, 0.25) is 0 Å². The van der Waals surface area contributed by atoms with Crippen LogP contribution in [0.15, 0.2) is 19.2 Å². The molecule has 2 heterocycles. The molecule has 0 aliphatic rings. The molecule has 0 amide bonds. The number of hydrogen-bond donors (Lipinski definition) is 1. The van der Waals surface area contributed by atoms with Crippen molar-refractivity contribution >= 4 is 11.9 Å². The minimum absolute atomic E-state index is 0.142. The predicted molar refractivity (Wildman–Crippen MR) is 111 cm³/mol. The Labute approximate surface area is 181 Å². The Hall–Kier alpha value is -3.84. The van der Waals surface area contributed by atoms with E-state index in [4.69, 9.17) is 4.74 Å². The van der Waals surface area contributed by atoms with Crippen molar-refractivity contribution in [2.75, 3.05) is 13.2 Å². The zero-order valence-electron chi connectivity index (χ0n) is 18.5. The van der Waals surface area contributed by atoms with E-state index in [1.54, 1.807) is 13.8 Å². The van der Waals surface area contributed by atoms with Crippen molar-refractivity contribution in [1.29, 1.82) is 0 Å². The highest BCUT2D eigenvalue weighted by molar-refractivity contribution is 5.86. The van der Waals surface area contributed by atoms with Gasteiger partial charge in [-0.3, -0.25) is 19.1 Å². The molecule has 2 aromatic heterocycles. The SMILES string of the molecule is CCCCn1c(=O)c(C(=O)OCC)nn(C)c1=O.CCOC(=O)c1nn(C)c(=O)[nH]c1=O. The summed E-state index contributed by atoms with van der Waals surface area (Å²) in [5.41, 5.74) is -3.51. The Morgan fingerprint density at radius 1 is 0.875 bits per heavy atom. The predicted octanol–water partition coefficient (Wildman–Crippen LogP) is -1.44. The summed E-state index contributed by atoms with van der Waals surface area (Å²) in [5, 5.41) is 7.13. The summed E-state index contributed by atoms with van der Waals surface area (Å²) in [6.07, 6.45) is 1.52. The number of nitrogens with one attached hydrogen (secondary N) is 1. The maximum Gasteiger partial charge on any atom is 0.364 e. The van der Waals surface area contributed by atoms with E-state index < -0.39 is 40.1 Å². The first-order chi connectivity index (χ1) is 15.1. The Bertz CT molecular complexity index is 1190. The van der Waals surface area contributed by atoms with Crippen LogP contribution in [0.1, 0.15) is 54.6 Å².